The molecular formula is C19H30N2O3S. The van der Waals surface area contributed by atoms with E-state index in [0.717, 1.165) is 43.5 Å². The zero-order valence-corrected chi connectivity index (χ0v) is 16.4. The number of hydrogen-bond donors (Lipinski definition) is 0. The summed E-state index contributed by atoms with van der Waals surface area (Å²) >= 11 is 0. The Balaban J connectivity index is 1.59. The standard InChI is InChI=1S/C19H30N2O3S/c1-4-20(3)18-13-19(24-14-18)9-11-21(12-10-19)25(22,23)15-17-7-5-16(2)6-8-17/h5-8,18H,4,9-15H2,1-3H3/t18-/m0/s1. The van der Waals surface area contributed by atoms with Gasteiger partial charge >= 0.3 is 0 Å². The third kappa shape index (κ3) is 4.25. The number of ether oxygens (including phenoxy) is 1. The number of sulfonamides is 1. The lowest BCUT2D eigenvalue weighted by molar-refractivity contribution is -0.0316. The number of likely N-dealkylation sites (N-methyl/N-ethyl adjacent to an activating group) is 1. The summed E-state index contributed by atoms with van der Waals surface area (Å²) in [6.07, 6.45) is 2.62. The molecule has 2 aliphatic heterocycles. The summed E-state index contributed by atoms with van der Waals surface area (Å²) in [6.45, 7) is 7.08. The van der Waals surface area contributed by atoms with E-state index in [1.165, 1.54) is 0 Å². The Hall–Kier alpha value is -0.950. The van der Waals surface area contributed by atoms with Gasteiger partial charge in [0.25, 0.3) is 0 Å². The molecule has 0 unspecified atom stereocenters. The van der Waals surface area contributed by atoms with Crippen LogP contribution in [0.1, 0.15) is 37.3 Å². The van der Waals surface area contributed by atoms with Crippen molar-refractivity contribution in [2.45, 2.75) is 50.5 Å². The van der Waals surface area contributed by atoms with Gasteiger partial charge in [0, 0.05) is 19.1 Å². The molecule has 2 aliphatic rings. The lowest BCUT2D eigenvalue weighted by Gasteiger charge is -2.38. The Bertz CT molecular complexity index is 679. The van der Waals surface area contributed by atoms with Gasteiger partial charge in [-0.25, -0.2) is 12.7 Å². The van der Waals surface area contributed by atoms with Crippen molar-refractivity contribution in [3.05, 3.63) is 35.4 Å². The molecular weight excluding hydrogens is 336 g/mol. The predicted molar refractivity (Wildman–Crippen MR) is 100 cm³/mol. The van der Waals surface area contributed by atoms with Crippen molar-refractivity contribution >= 4 is 10.0 Å². The number of rotatable bonds is 5. The smallest absolute Gasteiger partial charge is 0.218 e. The molecule has 0 aromatic heterocycles. The van der Waals surface area contributed by atoms with Crippen LogP contribution >= 0.6 is 0 Å². The maximum Gasteiger partial charge on any atom is 0.218 e. The second kappa shape index (κ2) is 7.35. The molecule has 0 aliphatic carbocycles. The van der Waals surface area contributed by atoms with Crippen molar-refractivity contribution in [3.8, 4) is 0 Å². The van der Waals surface area contributed by atoms with E-state index >= 15 is 0 Å². The molecule has 2 heterocycles. The minimum absolute atomic E-state index is 0.0856. The zero-order chi connectivity index (χ0) is 18.1. The zero-order valence-electron chi connectivity index (χ0n) is 15.6. The Morgan fingerprint density at radius 2 is 1.88 bits per heavy atom. The summed E-state index contributed by atoms with van der Waals surface area (Å²) in [5, 5.41) is 0. The number of nitrogens with zero attached hydrogens (tertiary/aromatic N) is 2. The second-order valence-corrected chi connectivity index (χ2v) is 9.53. The Kier molecular flexibility index (Phi) is 5.54. The van der Waals surface area contributed by atoms with Crippen LogP contribution in [0.2, 0.25) is 0 Å². The topological polar surface area (TPSA) is 49.9 Å². The maximum absolute atomic E-state index is 12.7. The molecule has 1 atom stereocenters. The average Bonchev–Trinajstić information content (AvgIpc) is 3.00. The molecule has 5 nitrogen and oxygen atoms in total. The summed E-state index contributed by atoms with van der Waals surface area (Å²) in [4.78, 5) is 2.33. The van der Waals surface area contributed by atoms with E-state index in [1.54, 1.807) is 4.31 Å². The minimum atomic E-state index is -3.26. The summed E-state index contributed by atoms with van der Waals surface area (Å²) in [5.41, 5.74) is 1.88. The monoisotopic (exact) mass is 366 g/mol. The van der Waals surface area contributed by atoms with Crippen molar-refractivity contribution in [3.63, 3.8) is 0 Å². The number of hydrogen-bond acceptors (Lipinski definition) is 4. The van der Waals surface area contributed by atoms with E-state index in [1.807, 2.05) is 31.2 Å². The van der Waals surface area contributed by atoms with Crippen LogP contribution in [0.15, 0.2) is 24.3 Å². The van der Waals surface area contributed by atoms with Gasteiger partial charge in [-0.05, 0) is 45.3 Å². The summed E-state index contributed by atoms with van der Waals surface area (Å²) in [5.74, 6) is 0.0856. The SMILES string of the molecule is CCN(C)[C@@H]1COC2(CCN(S(=O)(=O)Cc3ccc(C)cc3)CC2)C1. The van der Waals surface area contributed by atoms with E-state index < -0.39 is 10.0 Å². The van der Waals surface area contributed by atoms with Crippen molar-refractivity contribution < 1.29 is 13.2 Å². The highest BCUT2D eigenvalue weighted by molar-refractivity contribution is 7.88. The second-order valence-electron chi connectivity index (χ2n) is 7.57. The normalized spacial score (nSPS) is 24.2. The molecule has 25 heavy (non-hydrogen) atoms. The molecule has 1 spiro atoms. The quantitative estimate of drug-likeness (QED) is 0.803. The fourth-order valence-electron chi connectivity index (χ4n) is 3.87. The maximum atomic E-state index is 12.7. The first kappa shape index (κ1) is 18.8. The summed E-state index contributed by atoms with van der Waals surface area (Å²) < 4.78 is 33.3. The average molecular weight is 367 g/mol. The molecule has 1 aromatic rings. The highest BCUT2D eigenvalue weighted by atomic mass is 32.2. The van der Waals surface area contributed by atoms with E-state index in [4.69, 9.17) is 4.74 Å². The largest absolute Gasteiger partial charge is 0.373 e. The third-order valence-electron chi connectivity index (χ3n) is 5.81. The number of piperidine rings is 1. The van der Waals surface area contributed by atoms with E-state index in [0.29, 0.717) is 19.1 Å². The summed E-state index contributed by atoms with van der Waals surface area (Å²) in [6, 6.07) is 8.20. The van der Waals surface area contributed by atoms with Gasteiger partial charge < -0.3 is 9.64 Å². The van der Waals surface area contributed by atoms with Crippen LogP contribution in [0, 0.1) is 6.92 Å². The van der Waals surface area contributed by atoms with Gasteiger partial charge in [0.15, 0.2) is 0 Å². The molecule has 2 fully saturated rings. The Labute approximate surface area is 152 Å². The van der Waals surface area contributed by atoms with Crippen LogP contribution in [0.4, 0.5) is 0 Å². The van der Waals surface area contributed by atoms with Crippen molar-refractivity contribution in [2.75, 3.05) is 33.3 Å². The van der Waals surface area contributed by atoms with Crippen molar-refractivity contribution in [1.29, 1.82) is 0 Å². The molecule has 1 aromatic carbocycles. The van der Waals surface area contributed by atoms with Gasteiger partial charge in [0.1, 0.15) is 0 Å². The minimum Gasteiger partial charge on any atom is -0.373 e. The van der Waals surface area contributed by atoms with Crippen LogP contribution in [0.25, 0.3) is 0 Å². The van der Waals surface area contributed by atoms with Gasteiger partial charge in [-0.3, -0.25) is 0 Å². The van der Waals surface area contributed by atoms with Crippen LogP contribution in [0.5, 0.6) is 0 Å². The fraction of sp³-hybridized carbons (Fsp3) is 0.684. The number of benzene rings is 1. The first-order valence-electron chi connectivity index (χ1n) is 9.21. The van der Waals surface area contributed by atoms with Crippen molar-refractivity contribution in [1.82, 2.24) is 9.21 Å². The molecule has 140 valence electrons. The lowest BCUT2D eigenvalue weighted by Crippen LogP contribution is -2.47. The van der Waals surface area contributed by atoms with E-state index in [2.05, 4.69) is 18.9 Å². The number of aryl methyl sites for hydroxylation is 1. The molecule has 0 bridgehead atoms. The molecule has 0 saturated carbocycles. The highest BCUT2D eigenvalue weighted by Crippen LogP contribution is 2.38. The fourth-order valence-corrected chi connectivity index (χ4v) is 5.40. The van der Waals surface area contributed by atoms with E-state index in [9.17, 15) is 8.42 Å². The Morgan fingerprint density at radius 3 is 2.48 bits per heavy atom. The van der Waals surface area contributed by atoms with Crippen LogP contribution < -0.4 is 0 Å². The Morgan fingerprint density at radius 1 is 1.24 bits per heavy atom. The van der Waals surface area contributed by atoms with Crippen LogP contribution in [-0.4, -0.2) is 62.6 Å². The van der Waals surface area contributed by atoms with Crippen LogP contribution in [-0.2, 0) is 20.5 Å². The molecule has 0 N–H and O–H groups in total. The summed E-state index contributed by atoms with van der Waals surface area (Å²) in [7, 11) is -1.13. The molecule has 0 radical (unpaired) electrons. The predicted octanol–water partition coefficient (Wildman–Crippen LogP) is 2.40. The van der Waals surface area contributed by atoms with Gasteiger partial charge in [-0.15, -0.1) is 0 Å². The lowest BCUT2D eigenvalue weighted by atomic mass is 9.88. The molecule has 6 heteroatoms. The molecule has 3 rings (SSSR count). The first-order chi connectivity index (χ1) is 11.8. The first-order valence-corrected chi connectivity index (χ1v) is 10.8. The van der Waals surface area contributed by atoms with Crippen molar-refractivity contribution in [2.24, 2.45) is 0 Å². The molecule has 2 saturated heterocycles. The van der Waals surface area contributed by atoms with Gasteiger partial charge in [-0.1, -0.05) is 36.8 Å². The van der Waals surface area contributed by atoms with E-state index in [-0.39, 0.29) is 11.4 Å². The molecule has 0 amide bonds. The van der Waals surface area contributed by atoms with Gasteiger partial charge in [0.2, 0.25) is 10.0 Å². The third-order valence-corrected chi connectivity index (χ3v) is 7.66. The van der Waals surface area contributed by atoms with Gasteiger partial charge in [0.05, 0.1) is 18.0 Å². The van der Waals surface area contributed by atoms with Crippen LogP contribution in [0.3, 0.4) is 0 Å². The van der Waals surface area contributed by atoms with Gasteiger partial charge in [-0.2, -0.15) is 0 Å². The highest BCUT2D eigenvalue weighted by Gasteiger charge is 2.45.